The highest BCUT2D eigenvalue weighted by Crippen LogP contribution is 2.09. The summed E-state index contributed by atoms with van der Waals surface area (Å²) in [5.74, 6) is 0.460. The van der Waals surface area contributed by atoms with E-state index in [0.717, 1.165) is 28.6 Å². The Kier molecular flexibility index (Phi) is 6.27. The van der Waals surface area contributed by atoms with E-state index in [9.17, 15) is 19.7 Å². The third-order valence-electron chi connectivity index (χ3n) is 3.56. The average Bonchev–Trinajstić information content (AvgIpc) is 2.61. The van der Waals surface area contributed by atoms with Gasteiger partial charge in [-0.2, -0.15) is 0 Å². The molecular formula is C17H19N3O5. The van der Waals surface area contributed by atoms with Gasteiger partial charge >= 0.3 is 0 Å². The topological polar surface area (TPSA) is 94.7 Å². The molecule has 0 unspecified atom stereocenters. The number of nitro groups is 1. The van der Waals surface area contributed by atoms with E-state index in [2.05, 4.69) is 0 Å². The number of carbonyl (C=O) groups excluding carboxylic acids is 1. The van der Waals surface area contributed by atoms with Gasteiger partial charge in [-0.05, 0) is 18.6 Å². The summed E-state index contributed by atoms with van der Waals surface area (Å²) in [4.78, 5) is 35.5. The van der Waals surface area contributed by atoms with Crippen molar-refractivity contribution in [3.8, 4) is 5.75 Å². The molecule has 2 rings (SSSR count). The lowest BCUT2D eigenvalue weighted by atomic mass is 10.3. The first-order valence-corrected chi connectivity index (χ1v) is 7.74. The van der Waals surface area contributed by atoms with Crippen LogP contribution in [0.25, 0.3) is 0 Å². The largest absolute Gasteiger partial charge is 0.494 e. The molecule has 0 fully saturated rings. The Morgan fingerprint density at radius 3 is 2.64 bits per heavy atom. The van der Waals surface area contributed by atoms with Gasteiger partial charge < -0.3 is 9.64 Å². The van der Waals surface area contributed by atoms with Crippen molar-refractivity contribution in [2.45, 2.75) is 13.0 Å². The molecule has 8 heteroatoms. The van der Waals surface area contributed by atoms with Crippen LogP contribution in [0.5, 0.6) is 5.75 Å². The van der Waals surface area contributed by atoms with Crippen LogP contribution in [0, 0.1) is 10.1 Å². The summed E-state index contributed by atoms with van der Waals surface area (Å²) in [6.45, 7) is 0.671. The fraction of sp³-hybridized carbons (Fsp3) is 0.294. The molecule has 25 heavy (non-hydrogen) atoms. The van der Waals surface area contributed by atoms with Gasteiger partial charge in [-0.15, -0.1) is 0 Å². The van der Waals surface area contributed by atoms with Crippen molar-refractivity contribution in [1.29, 1.82) is 0 Å². The number of benzene rings is 1. The van der Waals surface area contributed by atoms with E-state index in [4.69, 9.17) is 4.74 Å². The number of nitrogens with zero attached hydrogens (tertiary/aromatic N) is 3. The number of hydrogen-bond acceptors (Lipinski definition) is 5. The second-order valence-electron chi connectivity index (χ2n) is 5.44. The van der Waals surface area contributed by atoms with Crippen molar-refractivity contribution in [1.82, 2.24) is 9.47 Å². The molecule has 0 aliphatic carbocycles. The number of para-hydroxylation sites is 1. The highest BCUT2D eigenvalue weighted by atomic mass is 16.6. The Morgan fingerprint density at radius 1 is 1.24 bits per heavy atom. The monoisotopic (exact) mass is 345 g/mol. The first kappa shape index (κ1) is 18.2. The highest BCUT2D eigenvalue weighted by molar-refractivity contribution is 5.75. The molecule has 1 aromatic heterocycles. The highest BCUT2D eigenvalue weighted by Gasteiger charge is 2.13. The van der Waals surface area contributed by atoms with Crippen molar-refractivity contribution >= 4 is 11.6 Å². The van der Waals surface area contributed by atoms with Crippen LogP contribution in [0.4, 0.5) is 5.69 Å². The molecule has 0 atom stereocenters. The number of rotatable bonds is 8. The van der Waals surface area contributed by atoms with E-state index in [-0.39, 0.29) is 18.1 Å². The first-order chi connectivity index (χ1) is 12.0. The lowest BCUT2D eigenvalue weighted by molar-refractivity contribution is -0.385. The van der Waals surface area contributed by atoms with Gasteiger partial charge in [0.2, 0.25) is 5.91 Å². The molecule has 132 valence electrons. The molecule has 0 spiro atoms. The van der Waals surface area contributed by atoms with Gasteiger partial charge in [0.1, 0.15) is 12.3 Å². The van der Waals surface area contributed by atoms with Crippen LogP contribution in [0.3, 0.4) is 0 Å². The van der Waals surface area contributed by atoms with Gasteiger partial charge in [-0.25, -0.2) is 0 Å². The number of amides is 1. The fourth-order valence-electron chi connectivity index (χ4n) is 2.15. The summed E-state index contributed by atoms with van der Waals surface area (Å²) >= 11 is 0. The third kappa shape index (κ3) is 5.45. The number of likely N-dealkylation sites (N-methyl/N-ethyl adjacent to an activating group) is 1. The minimum Gasteiger partial charge on any atom is -0.494 e. The molecule has 0 saturated carbocycles. The Hall–Kier alpha value is -3.16. The Morgan fingerprint density at radius 2 is 1.96 bits per heavy atom. The molecule has 0 bridgehead atoms. The SMILES string of the molecule is CN(CCCOc1ccccc1)C(=O)Cn1cc([N+](=O)[O-])ccc1=O. The molecule has 0 saturated heterocycles. The van der Waals surface area contributed by atoms with Crippen LogP contribution in [0.15, 0.2) is 53.5 Å². The molecule has 2 aromatic rings. The smallest absolute Gasteiger partial charge is 0.285 e. The predicted octanol–water partition coefficient (Wildman–Crippen LogP) is 1.68. The van der Waals surface area contributed by atoms with Crippen molar-refractivity contribution in [3.05, 3.63) is 69.1 Å². The molecule has 0 aliphatic heterocycles. The van der Waals surface area contributed by atoms with Gasteiger partial charge in [0.25, 0.3) is 11.2 Å². The van der Waals surface area contributed by atoms with Crippen LogP contribution in [0.2, 0.25) is 0 Å². The summed E-state index contributed by atoms with van der Waals surface area (Å²) in [6, 6.07) is 11.6. The third-order valence-corrected chi connectivity index (χ3v) is 3.56. The Labute approximate surface area is 144 Å². The van der Waals surface area contributed by atoms with E-state index in [1.165, 1.54) is 4.90 Å². The summed E-state index contributed by atoms with van der Waals surface area (Å²) in [5.41, 5.74) is -0.689. The van der Waals surface area contributed by atoms with Gasteiger partial charge in [-0.1, -0.05) is 18.2 Å². The van der Waals surface area contributed by atoms with Gasteiger partial charge in [0.15, 0.2) is 0 Å². The van der Waals surface area contributed by atoms with E-state index in [1.54, 1.807) is 7.05 Å². The number of ether oxygens (including phenoxy) is 1. The number of pyridine rings is 1. The lowest BCUT2D eigenvalue weighted by Gasteiger charge is -2.17. The Bertz CT molecular complexity index is 788. The number of aromatic nitrogens is 1. The van der Waals surface area contributed by atoms with Crippen molar-refractivity contribution < 1.29 is 14.5 Å². The molecule has 0 N–H and O–H groups in total. The maximum atomic E-state index is 12.2. The Balaban J connectivity index is 1.83. The molecule has 0 radical (unpaired) electrons. The minimum absolute atomic E-state index is 0.230. The predicted molar refractivity (Wildman–Crippen MR) is 91.5 cm³/mol. The first-order valence-electron chi connectivity index (χ1n) is 7.74. The van der Waals surface area contributed by atoms with Crippen LogP contribution in [-0.4, -0.2) is 40.5 Å². The zero-order chi connectivity index (χ0) is 18.2. The molecule has 0 aliphatic rings. The normalized spacial score (nSPS) is 10.3. The zero-order valence-electron chi connectivity index (χ0n) is 13.8. The van der Waals surface area contributed by atoms with Crippen molar-refractivity contribution in [2.24, 2.45) is 0 Å². The standard InChI is InChI=1S/C17H19N3O5/c1-18(10-5-11-25-15-6-3-2-4-7-15)17(22)13-19-12-14(20(23)24)8-9-16(19)21/h2-4,6-9,12H,5,10-11,13H2,1H3. The maximum Gasteiger partial charge on any atom is 0.285 e. The minimum atomic E-state index is -0.606. The number of carbonyl (C=O) groups is 1. The van der Waals surface area contributed by atoms with Crippen molar-refractivity contribution in [2.75, 3.05) is 20.2 Å². The summed E-state index contributed by atoms with van der Waals surface area (Å²) in [6.07, 6.45) is 1.70. The quantitative estimate of drug-likeness (QED) is 0.412. The van der Waals surface area contributed by atoms with Crippen LogP contribution >= 0.6 is 0 Å². The van der Waals surface area contributed by atoms with Crippen molar-refractivity contribution in [3.63, 3.8) is 0 Å². The van der Waals surface area contributed by atoms with E-state index in [0.29, 0.717) is 19.6 Å². The molecule has 1 aromatic carbocycles. The fourth-order valence-corrected chi connectivity index (χ4v) is 2.15. The lowest BCUT2D eigenvalue weighted by Crippen LogP contribution is -2.34. The molecule has 1 amide bonds. The average molecular weight is 345 g/mol. The second kappa shape index (κ2) is 8.62. The van der Waals surface area contributed by atoms with Crippen LogP contribution in [-0.2, 0) is 11.3 Å². The van der Waals surface area contributed by atoms with E-state index < -0.39 is 10.5 Å². The maximum absolute atomic E-state index is 12.2. The zero-order valence-corrected chi connectivity index (χ0v) is 13.8. The van der Waals surface area contributed by atoms with E-state index >= 15 is 0 Å². The summed E-state index contributed by atoms with van der Waals surface area (Å²) in [7, 11) is 1.62. The van der Waals surface area contributed by atoms with E-state index in [1.807, 2.05) is 30.3 Å². The summed E-state index contributed by atoms with van der Waals surface area (Å²) < 4.78 is 6.59. The molecular weight excluding hydrogens is 326 g/mol. The molecule has 1 heterocycles. The van der Waals surface area contributed by atoms with Crippen LogP contribution in [0.1, 0.15) is 6.42 Å². The van der Waals surface area contributed by atoms with Gasteiger partial charge in [0, 0.05) is 25.7 Å². The van der Waals surface area contributed by atoms with Gasteiger partial charge in [0.05, 0.1) is 17.7 Å². The summed E-state index contributed by atoms with van der Waals surface area (Å²) in [5, 5.41) is 10.8. The molecule has 8 nitrogen and oxygen atoms in total. The van der Waals surface area contributed by atoms with Gasteiger partial charge in [-0.3, -0.25) is 24.3 Å². The van der Waals surface area contributed by atoms with Crippen LogP contribution < -0.4 is 10.3 Å². The second-order valence-corrected chi connectivity index (χ2v) is 5.44. The number of hydrogen-bond donors (Lipinski definition) is 0.